The van der Waals surface area contributed by atoms with Crippen LogP contribution in [-0.2, 0) is 6.54 Å². The SMILES string of the molecule is COc1ccc(C(=O)Nc2cccc3c(=O)n(Cc4ccc(OC(F)(F)F)cc4)ccc23)c(C)c1. The van der Waals surface area contributed by atoms with E-state index in [0.717, 1.165) is 5.56 Å². The normalized spacial score (nSPS) is 11.3. The first-order valence-electron chi connectivity index (χ1n) is 10.6. The number of carbonyl (C=O) groups excluding carboxylic acids is 1. The Kier molecular flexibility index (Phi) is 6.50. The van der Waals surface area contributed by atoms with Crippen molar-refractivity contribution in [2.45, 2.75) is 19.8 Å². The van der Waals surface area contributed by atoms with E-state index in [9.17, 15) is 22.8 Å². The van der Waals surface area contributed by atoms with Crippen LogP contribution in [0.2, 0.25) is 0 Å². The number of hydrogen-bond donors (Lipinski definition) is 1. The van der Waals surface area contributed by atoms with Crippen molar-refractivity contribution in [2.24, 2.45) is 0 Å². The van der Waals surface area contributed by atoms with Crippen molar-refractivity contribution in [2.75, 3.05) is 12.4 Å². The van der Waals surface area contributed by atoms with E-state index in [2.05, 4.69) is 10.1 Å². The molecule has 6 nitrogen and oxygen atoms in total. The second-order valence-corrected chi connectivity index (χ2v) is 7.84. The standard InChI is InChI=1S/C26H21F3N2O4/c1-16-14-19(34-2)10-11-20(16)24(32)30-23-5-3-4-22-21(23)12-13-31(25(22)33)15-17-6-8-18(9-7-17)35-26(27,28)29/h3-14H,15H2,1-2H3,(H,30,32). The fourth-order valence-electron chi connectivity index (χ4n) is 3.75. The summed E-state index contributed by atoms with van der Waals surface area (Å²) in [5.74, 6) is -0.00475. The molecule has 4 rings (SSSR count). The van der Waals surface area contributed by atoms with Crippen LogP contribution in [0.5, 0.6) is 11.5 Å². The van der Waals surface area contributed by atoms with E-state index in [4.69, 9.17) is 4.74 Å². The maximum Gasteiger partial charge on any atom is 0.573 e. The Morgan fingerprint density at radius 2 is 1.69 bits per heavy atom. The molecule has 0 saturated carbocycles. The topological polar surface area (TPSA) is 69.6 Å². The number of pyridine rings is 1. The lowest BCUT2D eigenvalue weighted by Gasteiger charge is -2.13. The number of hydrogen-bond acceptors (Lipinski definition) is 4. The second-order valence-electron chi connectivity index (χ2n) is 7.84. The number of fused-ring (bicyclic) bond motifs is 1. The van der Waals surface area contributed by atoms with Gasteiger partial charge in [0.1, 0.15) is 11.5 Å². The number of aryl methyl sites for hydroxylation is 1. The molecule has 0 spiro atoms. The number of carbonyl (C=O) groups is 1. The van der Waals surface area contributed by atoms with E-state index in [1.807, 2.05) is 0 Å². The Balaban J connectivity index is 1.58. The third kappa shape index (κ3) is 5.46. The Labute approximate surface area is 198 Å². The van der Waals surface area contributed by atoms with Gasteiger partial charge in [-0.3, -0.25) is 9.59 Å². The van der Waals surface area contributed by atoms with Crippen molar-refractivity contribution in [3.8, 4) is 11.5 Å². The van der Waals surface area contributed by atoms with Crippen molar-refractivity contribution >= 4 is 22.4 Å². The summed E-state index contributed by atoms with van der Waals surface area (Å²) in [6.45, 7) is 1.96. The number of methoxy groups -OCH3 is 1. The van der Waals surface area contributed by atoms with Crippen LogP contribution in [-0.4, -0.2) is 23.9 Å². The first-order chi connectivity index (χ1) is 16.6. The molecule has 0 atom stereocenters. The summed E-state index contributed by atoms with van der Waals surface area (Å²) in [6.07, 6.45) is -3.19. The number of nitrogens with zero attached hydrogens (tertiary/aromatic N) is 1. The van der Waals surface area contributed by atoms with Crippen LogP contribution in [0.3, 0.4) is 0 Å². The third-order valence-corrected chi connectivity index (χ3v) is 5.45. The van der Waals surface area contributed by atoms with Gasteiger partial charge in [0.2, 0.25) is 0 Å². The van der Waals surface area contributed by atoms with E-state index in [1.54, 1.807) is 62.7 Å². The Morgan fingerprint density at radius 1 is 0.971 bits per heavy atom. The first-order valence-corrected chi connectivity index (χ1v) is 10.6. The zero-order valence-electron chi connectivity index (χ0n) is 18.8. The molecule has 3 aromatic carbocycles. The highest BCUT2D eigenvalue weighted by Crippen LogP contribution is 2.25. The smallest absolute Gasteiger partial charge is 0.497 e. The first kappa shape index (κ1) is 23.9. The molecular formula is C26H21F3N2O4. The summed E-state index contributed by atoms with van der Waals surface area (Å²) < 4.78 is 47.5. The Morgan fingerprint density at radius 3 is 2.34 bits per heavy atom. The minimum atomic E-state index is -4.77. The van der Waals surface area contributed by atoms with Crippen molar-refractivity contribution in [3.63, 3.8) is 0 Å². The molecule has 1 aromatic heterocycles. The molecule has 1 amide bonds. The maximum atomic E-state index is 13.1. The van der Waals surface area contributed by atoms with Gasteiger partial charge in [-0.25, -0.2) is 0 Å². The van der Waals surface area contributed by atoms with Gasteiger partial charge in [0, 0.05) is 28.2 Å². The van der Waals surface area contributed by atoms with Gasteiger partial charge in [-0.2, -0.15) is 0 Å². The number of alkyl halides is 3. The molecule has 35 heavy (non-hydrogen) atoms. The lowest BCUT2D eigenvalue weighted by molar-refractivity contribution is -0.274. The van der Waals surface area contributed by atoms with Crippen LogP contribution < -0.4 is 20.3 Å². The molecule has 0 radical (unpaired) electrons. The molecule has 9 heteroatoms. The number of anilines is 1. The van der Waals surface area contributed by atoms with Crippen LogP contribution in [0, 0.1) is 6.92 Å². The minimum absolute atomic E-state index is 0.155. The summed E-state index contributed by atoms with van der Waals surface area (Å²) in [7, 11) is 1.55. The highest BCUT2D eigenvalue weighted by atomic mass is 19.4. The zero-order chi connectivity index (χ0) is 25.2. The monoisotopic (exact) mass is 482 g/mol. The molecule has 0 aliphatic rings. The molecular weight excluding hydrogens is 461 g/mol. The van der Waals surface area contributed by atoms with E-state index >= 15 is 0 Å². The quantitative estimate of drug-likeness (QED) is 0.393. The van der Waals surface area contributed by atoms with Crippen LogP contribution in [0.15, 0.2) is 77.7 Å². The van der Waals surface area contributed by atoms with Gasteiger partial charge in [0.15, 0.2) is 0 Å². The molecule has 0 aliphatic heterocycles. The van der Waals surface area contributed by atoms with Gasteiger partial charge in [0.25, 0.3) is 11.5 Å². The van der Waals surface area contributed by atoms with Gasteiger partial charge in [-0.05, 0) is 66.6 Å². The second kappa shape index (κ2) is 9.54. The highest BCUT2D eigenvalue weighted by molar-refractivity contribution is 6.09. The zero-order valence-corrected chi connectivity index (χ0v) is 18.8. The number of aromatic nitrogens is 1. The van der Waals surface area contributed by atoms with Crippen molar-refractivity contribution < 1.29 is 27.4 Å². The number of halogens is 3. The van der Waals surface area contributed by atoms with E-state index in [-0.39, 0.29) is 23.8 Å². The summed E-state index contributed by atoms with van der Waals surface area (Å²) in [5.41, 5.74) is 2.04. The predicted octanol–water partition coefficient (Wildman–Crippen LogP) is 5.52. The Bertz CT molecular complexity index is 1440. The average molecular weight is 482 g/mol. The average Bonchev–Trinajstić information content (AvgIpc) is 2.81. The lowest BCUT2D eigenvalue weighted by atomic mass is 10.1. The molecule has 180 valence electrons. The Hall–Kier alpha value is -4.27. The van der Waals surface area contributed by atoms with Crippen molar-refractivity contribution in [1.29, 1.82) is 0 Å². The van der Waals surface area contributed by atoms with Crippen LogP contribution in [0.25, 0.3) is 10.8 Å². The van der Waals surface area contributed by atoms with Crippen LogP contribution >= 0.6 is 0 Å². The van der Waals surface area contributed by atoms with Crippen LogP contribution in [0.4, 0.5) is 18.9 Å². The molecule has 1 N–H and O–H groups in total. The van der Waals surface area contributed by atoms with Gasteiger partial charge in [-0.1, -0.05) is 18.2 Å². The minimum Gasteiger partial charge on any atom is -0.497 e. The molecule has 0 aliphatic carbocycles. The summed E-state index contributed by atoms with van der Waals surface area (Å²) in [4.78, 5) is 26.0. The fraction of sp³-hybridized carbons (Fsp3) is 0.154. The van der Waals surface area contributed by atoms with Gasteiger partial charge < -0.3 is 19.4 Å². The third-order valence-electron chi connectivity index (χ3n) is 5.45. The molecule has 1 heterocycles. The molecule has 0 fully saturated rings. The van der Waals surface area contributed by atoms with Gasteiger partial charge in [0.05, 0.1) is 13.7 Å². The fourth-order valence-corrected chi connectivity index (χ4v) is 3.75. The molecule has 0 saturated heterocycles. The summed E-state index contributed by atoms with van der Waals surface area (Å²) >= 11 is 0. The van der Waals surface area contributed by atoms with Gasteiger partial charge >= 0.3 is 6.36 Å². The largest absolute Gasteiger partial charge is 0.573 e. The van der Waals surface area contributed by atoms with Crippen LogP contribution in [0.1, 0.15) is 21.5 Å². The van der Waals surface area contributed by atoms with Crippen molar-refractivity contribution in [1.82, 2.24) is 4.57 Å². The number of ether oxygens (including phenoxy) is 2. The van der Waals surface area contributed by atoms with E-state index in [0.29, 0.717) is 33.3 Å². The molecule has 0 unspecified atom stereocenters. The lowest BCUT2D eigenvalue weighted by Crippen LogP contribution is -2.21. The van der Waals surface area contributed by atoms with Gasteiger partial charge in [-0.15, -0.1) is 13.2 Å². The number of nitrogens with one attached hydrogen (secondary N) is 1. The summed E-state index contributed by atoms with van der Waals surface area (Å²) in [5, 5.41) is 3.84. The number of amides is 1. The highest BCUT2D eigenvalue weighted by Gasteiger charge is 2.30. The van der Waals surface area contributed by atoms with E-state index in [1.165, 1.54) is 28.8 Å². The predicted molar refractivity (Wildman–Crippen MR) is 126 cm³/mol. The van der Waals surface area contributed by atoms with Crippen molar-refractivity contribution in [3.05, 3.63) is 100.0 Å². The number of benzene rings is 3. The molecule has 0 bridgehead atoms. The summed E-state index contributed by atoms with van der Waals surface area (Å²) in [6, 6.07) is 17.2. The maximum absolute atomic E-state index is 13.1. The number of rotatable bonds is 6. The van der Waals surface area contributed by atoms with E-state index < -0.39 is 6.36 Å². The molecule has 4 aromatic rings.